The van der Waals surface area contributed by atoms with Crippen LogP contribution < -0.4 is 0 Å². The van der Waals surface area contributed by atoms with E-state index in [1.807, 2.05) is 19.1 Å². The molecule has 0 atom stereocenters. The molecule has 1 aromatic heterocycles. The Morgan fingerprint density at radius 1 is 1.32 bits per heavy atom. The van der Waals surface area contributed by atoms with Gasteiger partial charge in [0.15, 0.2) is 0 Å². The number of thiophene rings is 1. The first-order chi connectivity index (χ1) is 9.06. The molecule has 3 amide bonds. The lowest BCUT2D eigenvalue weighted by atomic mass is 10.1. The normalized spacial score (nSPS) is 20.1. The van der Waals surface area contributed by atoms with Gasteiger partial charge < -0.3 is 4.90 Å². The minimum Gasteiger partial charge on any atom is -0.334 e. The molecule has 7 heteroatoms. The average molecular weight is 296 g/mol. The van der Waals surface area contributed by atoms with Crippen LogP contribution in [0.25, 0.3) is 0 Å². The number of nitrogens with zero attached hydrogens (tertiary/aromatic N) is 2. The van der Waals surface area contributed by atoms with E-state index in [4.69, 9.17) is 0 Å². The number of hydrogen-bond acceptors (Lipinski definition) is 5. The Labute approximate surface area is 118 Å². The molecule has 0 radical (unpaired) electrons. The van der Waals surface area contributed by atoms with Gasteiger partial charge >= 0.3 is 0 Å². The van der Waals surface area contributed by atoms with E-state index in [-0.39, 0.29) is 28.8 Å². The number of carbonyl (C=O) groups excluding carboxylic acids is 3. The van der Waals surface area contributed by atoms with Crippen molar-refractivity contribution in [2.45, 2.75) is 13.0 Å². The minimum atomic E-state index is -0.186. The van der Waals surface area contributed by atoms with E-state index in [2.05, 4.69) is 0 Å². The van der Waals surface area contributed by atoms with Gasteiger partial charge in [0.2, 0.25) is 5.91 Å². The van der Waals surface area contributed by atoms with Crippen molar-refractivity contribution in [1.82, 2.24) is 9.80 Å². The summed E-state index contributed by atoms with van der Waals surface area (Å²) in [4.78, 5) is 40.0. The van der Waals surface area contributed by atoms with Crippen LogP contribution in [-0.4, -0.2) is 51.7 Å². The van der Waals surface area contributed by atoms with Gasteiger partial charge in [0.05, 0.1) is 16.7 Å². The van der Waals surface area contributed by atoms with Gasteiger partial charge in [-0.3, -0.25) is 19.3 Å². The predicted molar refractivity (Wildman–Crippen MR) is 73.4 cm³/mol. The first-order valence-corrected chi connectivity index (χ1v) is 7.71. The molecule has 0 bridgehead atoms. The van der Waals surface area contributed by atoms with Crippen molar-refractivity contribution >= 4 is 40.2 Å². The lowest BCUT2D eigenvalue weighted by Crippen LogP contribution is -2.62. The number of imide groups is 1. The fourth-order valence-corrected chi connectivity index (χ4v) is 3.82. The summed E-state index contributed by atoms with van der Waals surface area (Å²) in [5, 5.41) is -0.186. The SMILES string of the molecule is Cc1ccc(C(=O)N2CC(N3C(=O)CSC3=O)C2)s1. The molecule has 2 aliphatic rings. The minimum absolute atomic E-state index is 0.0129. The van der Waals surface area contributed by atoms with E-state index in [0.717, 1.165) is 16.6 Å². The second-order valence-electron chi connectivity index (χ2n) is 4.59. The maximum Gasteiger partial charge on any atom is 0.289 e. The van der Waals surface area contributed by atoms with Gasteiger partial charge in [-0.1, -0.05) is 11.8 Å². The number of thioether (sulfide) groups is 1. The van der Waals surface area contributed by atoms with E-state index in [1.165, 1.54) is 16.2 Å². The molecule has 0 unspecified atom stereocenters. The zero-order chi connectivity index (χ0) is 13.6. The topological polar surface area (TPSA) is 57.7 Å². The van der Waals surface area contributed by atoms with E-state index in [1.54, 1.807) is 4.90 Å². The van der Waals surface area contributed by atoms with Crippen LogP contribution >= 0.6 is 23.1 Å². The van der Waals surface area contributed by atoms with Crippen LogP contribution in [0.15, 0.2) is 12.1 Å². The molecular formula is C12H12N2O3S2. The summed E-state index contributed by atoms with van der Waals surface area (Å²) in [5.41, 5.74) is 0. The van der Waals surface area contributed by atoms with Crippen molar-refractivity contribution in [3.05, 3.63) is 21.9 Å². The number of likely N-dealkylation sites (tertiary alicyclic amines) is 1. The number of carbonyl (C=O) groups is 3. The van der Waals surface area contributed by atoms with E-state index < -0.39 is 0 Å². The van der Waals surface area contributed by atoms with Crippen molar-refractivity contribution < 1.29 is 14.4 Å². The van der Waals surface area contributed by atoms with Crippen LogP contribution in [0.2, 0.25) is 0 Å². The standard InChI is InChI=1S/C12H12N2O3S2/c1-7-2-3-9(19-7)11(16)13-4-8(5-13)14-10(15)6-18-12(14)17/h2-3,8H,4-6H2,1H3. The highest BCUT2D eigenvalue weighted by Crippen LogP contribution is 2.28. The van der Waals surface area contributed by atoms with Crippen molar-refractivity contribution in [3.8, 4) is 0 Å². The molecule has 3 heterocycles. The zero-order valence-corrected chi connectivity index (χ0v) is 11.9. The molecule has 2 saturated heterocycles. The average Bonchev–Trinajstić information content (AvgIpc) is 2.87. The zero-order valence-electron chi connectivity index (χ0n) is 10.3. The molecule has 0 N–H and O–H groups in total. The van der Waals surface area contributed by atoms with Gasteiger partial charge in [0.25, 0.3) is 11.1 Å². The molecule has 0 spiro atoms. The van der Waals surface area contributed by atoms with Gasteiger partial charge in [-0.05, 0) is 19.1 Å². The van der Waals surface area contributed by atoms with Crippen LogP contribution in [0.1, 0.15) is 14.5 Å². The summed E-state index contributed by atoms with van der Waals surface area (Å²) in [7, 11) is 0. The maximum absolute atomic E-state index is 12.1. The lowest BCUT2D eigenvalue weighted by Gasteiger charge is -2.42. The first-order valence-electron chi connectivity index (χ1n) is 5.91. The van der Waals surface area contributed by atoms with Crippen LogP contribution in [0.3, 0.4) is 0 Å². The monoisotopic (exact) mass is 296 g/mol. The van der Waals surface area contributed by atoms with Gasteiger partial charge in [-0.2, -0.15) is 0 Å². The smallest absolute Gasteiger partial charge is 0.289 e. The van der Waals surface area contributed by atoms with Gasteiger partial charge in [-0.25, -0.2) is 0 Å². The molecule has 2 fully saturated rings. The van der Waals surface area contributed by atoms with Crippen LogP contribution in [0.5, 0.6) is 0 Å². The predicted octanol–water partition coefficient (Wildman–Crippen LogP) is 1.58. The van der Waals surface area contributed by atoms with E-state index in [9.17, 15) is 14.4 Å². The Bertz CT molecular complexity index is 547. The summed E-state index contributed by atoms with van der Waals surface area (Å²) in [6.07, 6.45) is 0. The molecule has 5 nitrogen and oxygen atoms in total. The highest BCUT2D eigenvalue weighted by molar-refractivity contribution is 8.14. The Morgan fingerprint density at radius 3 is 2.58 bits per heavy atom. The van der Waals surface area contributed by atoms with Gasteiger partial charge in [0, 0.05) is 18.0 Å². The molecule has 1 aromatic rings. The quantitative estimate of drug-likeness (QED) is 0.831. The molecule has 0 aliphatic carbocycles. The van der Waals surface area contributed by atoms with Crippen LogP contribution in [0, 0.1) is 6.92 Å². The largest absolute Gasteiger partial charge is 0.334 e. The molecule has 100 valence electrons. The van der Waals surface area contributed by atoms with Crippen molar-refractivity contribution in [2.75, 3.05) is 18.8 Å². The molecule has 0 saturated carbocycles. The maximum atomic E-state index is 12.1. The second kappa shape index (κ2) is 4.64. The van der Waals surface area contributed by atoms with Crippen LogP contribution in [0.4, 0.5) is 4.79 Å². The van der Waals surface area contributed by atoms with Crippen LogP contribution in [-0.2, 0) is 4.79 Å². The number of hydrogen-bond donors (Lipinski definition) is 0. The fourth-order valence-electron chi connectivity index (χ4n) is 2.21. The molecule has 0 aromatic carbocycles. The highest BCUT2D eigenvalue weighted by atomic mass is 32.2. The third kappa shape index (κ3) is 2.17. The lowest BCUT2D eigenvalue weighted by molar-refractivity contribution is -0.128. The molecule has 2 aliphatic heterocycles. The van der Waals surface area contributed by atoms with Gasteiger partial charge in [0.1, 0.15) is 0 Å². The number of rotatable bonds is 2. The first kappa shape index (κ1) is 12.7. The Morgan fingerprint density at radius 2 is 2.05 bits per heavy atom. The number of aryl methyl sites for hydroxylation is 1. The summed E-state index contributed by atoms with van der Waals surface area (Å²) >= 11 is 2.50. The molecule has 3 rings (SSSR count). The molecule has 19 heavy (non-hydrogen) atoms. The Hall–Kier alpha value is -1.34. The number of amides is 3. The summed E-state index contributed by atoms with van der Waals surface area (Å²) in [5.74, 6) is 0.0769. The summed E-state index contributed by atoms with van der Waals surface area (Å²) in [6.45, 7) is 2.86. The van der Waals surface area contributed by atoms with E-state index >= 15 is 0 Å². The Balaban J connectivity index is 1.62. The summed E-state index contributed by atoms with van der Waals surface area (Å²) < 4.78 is 0. The Kier molecular flexibility index (Phi) is 3.10. The van der Waals surface area contributed by atoms with Gasteiger partial charge in [-0.15, -0.1) is 11.3 Å². The van der Waals surface area contributed by atoms with Crippen molar-refractivity contribution in [1.29, 1.82) is 0 Å². The van der Waals surface area contributed by atoms with E-state index in [0.29, 0.717) is 18.0 Å². The highest BCUT2D eigenvalue weighted by Gasteiger charge is 2.43. The fraction of sp³-hybridized carbons (Fsp3) is 0.417. The van der Waals surface area contributed by atoms with Crippen molar-refractivity contribution in [3.63, 3.8) is 0 Å². The van der Waals surface area contributed by atoms with Crippen molar-refractivity contribution in [2.24, 2.45) is 0 Å². The summed E-state index contributed by atoms with van der Waals surface area (Å²) in [6, 6.07) is 3.59. The third-order valence-electron chi connectivity index (χ3n) is 3.25. The third-order valence-corrected chi connectivity index (χ3v) is 5.07. The molecular weight excluding hydrogens is 284 g/mol. The second-order valence-corrected chi connectivity index (χ2v) is 6.81.